The molecule has 16 heteroatoms. The van der Waals surface area contributed by atoms with Crippen LogP contribution >= 0.6 is 0 Å². The molecule has 8 N–H and O–H groups in total. The van der Waals surface area contributed by atoms with Crippen LogP contribution in [0.2, 0.25) is 0 Å². The average molecular weight is 639 g/mol. The molecule has 0 spiro atoms. The lowest BCUT2D eigenvalue weighted by atomic mass is 9.98. The van der Waals surface area contributed by atoms with E-state index in [4.69, 9.17) is 32.8 Å². The summed E-state index contributed by atoms with van der Waals surface area (Å²) in [6.45, 7) is 0.868. The Bertz CT molecular complexity index is 1570. The number of rotatable bonds is 8. The van der Waals surface area contributed by atoms with E-state index in [0.717, 1.165) is 12.1 Å². The van der Waals surface area contributed by atoms with Gasteiger partial charge in [0.15, 0.2) is 23.5 Å². The van der Waals surface area contributed by atoms with Crippen molar-refractivity contribution in [1.29, 1.82) is 0 Å². The first kappa shape index (κ1) is 32.7. The summed E-state index contributed by atoms with van der Waals surface area (Å²) in [6.07, 6.45) is -15.9. The Morgan fingerprint density at radius 2 is 1.44 bits per heavy atom. The topological polar surface area (TPSA) is 247 Å². The predicted octanol–water partition coefficient (Wildman–Crippen LogP) is -1.08. The van der Waals surface area contributed by atoms with E-state index in [1.165, 1.54) is 39.3 Å². The van der Waals surface area contributed by atoms with Crippen molar-refractivity contribution in [2.75, 3.05) is 20.8 Å². The summed E-state index contributed by atoms with van der Waals surface area (Å²) in [4.78, 5) is 13.8. The Hall–Kier alpha value is -3.71. The highest BCUT2D eigenvalue weighted by Gasteiger charge is 2.47. The van der Waals surface area contributed by atoms with Crippen molar-refractivity contribution in [1.82, 2.24) is 0 Å². The Labute approximate surface area is 254 Å². The van der Waals surface area contributed by atoms with E-state index in [1.54, 1.807) is 0 Å². The zero-order valence-corrected chi connectivity index (χ0v) is 24.2. The molecule has 45 heavy (non-hydrogen) atoms. The lowest BCUT2D eigenvalue weighted by molar-refractivity contribution is -0.318. The number of aliphatic hydroxyl groups is 6. The molecule has 2 fully saturated rings. The SMILES string of the molecule is COc1ccc(-c2oc3cc(O)cc(O)c3c(=O)c2OC2OC(COC3OC(C)C(O)C(O)C3O)C(O)C(O)C2O)cc1OC. The third-order valence-electron chi connectivity index (χ3n) is 7.70. The quantitative estimate of drug-likeness (QED) is 0.146. The van der Waals surface area contributed by atoms with E-state index in [2.05, 4.69) is 0 Å². The fraction of sp³-hybridized carbons (Fsp3) is 0.483. The maximum Gasteiger partial charge on any atom is 0.239 e. The van der Waals surface area contributed by atoms with Crippen molar-refractivity contribution in [2.24, 2.45) is 0 Å². The highest BCUT2D eigenvalue weighted by atomic mass is 16.7. The molecule has 246 valence electrons. The van der Waals surface area contributed by atoms with E-state index in [9.17, 15) is 45.6 Å². The van der Waals surface area contributed by atoms with E-state index in [0.29, 0.717) is 5.75 Å². The Morgan fingerprint density at radius 1 is 0.778 bits per heavy atom. The lowest BCUT2D eigenvalue weighted by Crippen LogP contribution is -2.61. The number of hydrogen-bond acceptors (Lipinski definition) is 16. The van der Waals surface area contributed by atoms with Gasteiger partial charge in [-0.3, -0.25) is 4.79 Å². The summed E-state index contributed by atoms with van der Waals surface area (Å²) in [5, 5.41) is 82.3. The zero-order valence-electron chi connectivity index (χ0n) is 24.2. The van der Waals surface area contributed by atoms with Crippen molar-refractivity contribution in [3.8, 4) is 40.1 Å². The molecule has 0 saturated carbocycles. The first-order valence-corrected chi connectivity index (χ1v) is 13.8. The number of phenols is 2. The van der Waals surface area contributed by atoms with E-state index >= 15 is 0 Å². The maximum absolute atomic E-state index is 13.8. The number of fused-ring (bicyclic) bond motifs is 1. The number of phenolic OH excluding ortho intramolecular Hbond substituents is 2. The predicted molar refractivity (Wildman–Crippen MR) is 150 cm³/mol. The largest absolute Gasteiger partial charge is 0.508 e. The maximum atomic E-state index is 13.8. The van der Waals surface area contributed by atoms with E-state index in [-0.39, 0.29) is 28.0 Å². The molecule has 2 saturated heterocycles. The number of aliphatic hydroxyl groups excluding tert-OH is 6. The Morgan fingerprint density at radius 3 is 2.13 bits per heavy atom. The smallest absolute Gasteiger partial charge is 0.239 e. The summed E-state index contributed by atoms with van der Waals surface area (Å²) in [5.74, 6) is -1.28. The first-order chi connectivity index (χ1) is 21.4. The van der Waals surface area contributed by atoms with Gasteiger partial charge >= 0.3 is 0 Å². The summed E-state index contributed by atoms with van der Waals surface area (Å²) < 4.78 is 38.9. The van der Waals surface area contributed by atoms with Crippen LogP contribution in [0.25, 0.3) is 22.3 Å². The van der Waals surface area contributed by atoms with Gasteiger partial charge in [-0.05, 0) is 25.1 Å². The van der Waals surface area contributed by atoms with Crippen LogP contribution in [0.3, 0.4) is 0 Å². The summed E-state index contributed by atoms with van der Waals surface area (Å²) >= 11 is 0. The van der Waals surface area contributed by atoms with Crippen LogP contribution < -0.4 is 19.6 Å². The number of aromatic hydroxyl groups is 2. The van der Waals surface area contributed by atoms with Gasteiger partial charge in [0, 0.05) is 17.7 Å². The van der Waals surface area contributed by atoms with Crippen molar-refractivity contribution in [3.63, 3.8) is 0 Å². The second-order valence-electron chi connectivity index (χ2n) is 10.6. The van der Waals surface area contributed by atoms with Gasteiger partial charge in [-0.1, -0.05) is 0 Å². The fourth-order valence-corrected chi connectivity index (χ4v) is 5.15. The Balaban J connectivity index is 1.50. The number of methoxy groups -OCH3 is 2. The van der Waals surface area contributed by atoms with Gasteiger partial charge in [0.1, 0.15) is 65.2 Å². The lowest BCUT2D eigenvalue weighted by Gasteiger charge is -2.42. The van der Waals surface area contributed by atoms with Crippen molar-refractivity contribution >= 4 is 11.0 Å². The molecule has 0 amide bonds. The van der Waals surface area contributed by atoms with Crippen LogP contribution in [0, 0.1) is 0 Å². The minimum absolute atomic E-state index is 0.202. The van der Waals surface area contributed by atoms with Crippen molar-refractivity contribution in [3.05, 3.63) is 40.6 Å². The van der Waals surface area contributed by atoms with Crippen LogP contribution in [0.5, 0.6) is 28.7 Å². The molecule has 3 aromatic rings. The molecule has 10 atom stereocenters. The van der Waals surface area contributed by atoms with Crippen molar-refractivity contribution in [2.45, 2.75) is 68.3 Å². The minimum Gasteiger partial charge on any atom is -0.508 e. The molecule has 2 aliphatic heterocycles. The van der Waals surface area contributed by atoms with Crippen molar-refractivity contribution < 1.29 is 73.7 Å². The fourth-order valence-electron chi connectivity index (χ4n) is 5.15. The molecule has 0 bridgehead atoms. The second kappa shape index (κ2) is 13.0. The summed E-state index contributed by atoms with van der Waals surface area (Å²) in [7, 11) is 2.80. The van der Waals surface area contributed by atoms with Gasteiger partial charge < -0.3 is 73.7 Å². The van der Waals surface area contributed by atoms with Crippen LogP contribution in [0.15, 0.2) is 39.5 Å². The van der Waals surface area contributed by atoms with Crippen LogP contribution in [0.4, 0.5) is 0 Å². The third kappa shape index (κ3) is 6.11. The zero-order chi connectivity index (χ0) is 32.7. The van der Waals surface area contributed by atoms with Gasteiger partial charge in [0.25, 0.3) is 0 Å². The molecule has 5 rings (SSSR count). The van der Waals surface area contributed by atoms with E-state index < -0.39 is 90.7 Å². The van der Waals surface area contributed by atoms with Gasteiger partial charge in [0.05, 0.1) is 26.9 Å². The Kier molecular flexibility index (Phi) is 9.41. The molecule has 0 aliphatic carbocycles. The number of ether oxygens (including phenoxy) is 6. The molecule has 3 heterocycles. The first-order valence-electron chi connectivity index (χ1n) is 13.8. The molecular weight excluding hydrogens is 604 g/mol. The summed E-state index contributed by atoms with van der Waals surface area (Å²) in [6, 6.07) is 6.48. The number of benzene rings is 2. The highest BCUT2D eigenvalue weighted by molar-refractivity contribution is 5.88. The number of hydrogen-bond donors (Lipinski definition) is 8. The van der Waals surface area contributed by atoms with Gasteiger partial charge in [-0.2, -0.15) is 0 Å². The van der Waals surface area contributed by atoms with Crippen LogP contribution in [-0.2, 0) is 14.2 Å². The van der Waals surface area contributed by atoms with Gasteiger partial charge in [-0.25, -0.2) is 0 Å². The third-order valence-corrected chi connectivity index (χ3v) is 7.70. The normalized spacial score (nSPS) is 31.9. The molecule has 2 aliphatic rings. The molecule has 1 aromatic heterocycles. The average Bonchev–Trinajstić information content (AvgIpc) is 3.02. The molecular formula is C29H34O16. The van der Waals surface area contributed by atoms with Crippen LogP contribution in [0.1, 0.15) is 6.92 Å². The second-order valence-corrected chi connectivity index (χ2v) is 10.6. The monoisotopic (exact) mass is 638 g/mol. The van der Waals surface area contributed by atoms with Gasteiger partial charge in [0.2, 0.25) is 17.5 Å². The minimum atomic E-state index is -1.92. The summed E-state index contributed by atoms with van der Waals surface area (Å²) in [5.41, 5.74) is -0.953. The molecule has 16 nitrogen and oxygen atoms in total. The molecule has 2 aromatic carbocycles. The highest BCUT2D eigenvalue weighted by Crippen LogP contribution is 2.40. The van der Waals surface area contributed by atoms with E-state index in [1.807, 2.05) is 0 Å². The molecule has 10 unspecified atom stereocenters. The van der Waals surface area contributed by atoms with Gasteiger partial charge in [-0.15, -0.1) is 0 Å². The molecule has 0 radical (unpaired) electrons. The van der Waals surface area contributed by atoms with Crippen LogP contribution in [-0.4, -0.2) is 123 Å². The standard InChI is InChI=1S/C29H34O16/c1-10-19(32)22(35)24(37)28(42-10)41-9-17-20(33)23(36)25(38)29(44-17)45-27-21(34)18-13(31)7-12(30)8-16(18)43-26(27)11-4-5-14(39-2)15(6-11)40-3/h4-8,10,17,19-20,22-25,28-33,35-38H,9H2,1-3H3.